The van der Waals surface area contributed by atoms with Gasteiger partial charge in [-0.05, 0) is 42.6 Å². The molecule has 0 spiro atoms. The number of aromatic amines is 1. The Labute approximate surface area is 189 Å². The van der Waals surface area contributed by atoms with Crippen LogP contribution in [0, 0.1) is 6.92 Å². The van der Waals surface area contributed by atoms with E-state index in [9.17, 15) is 9.59 Å². The van der Waals surface area contributed by atoms with E-state index in [1.165, 1.54) is 13.3 Å². The minimum atomic E-state index is -0.485. The fourth-order valence-electron chi connectivity index (χ4n) is 3.22. The standard InChI is InChI=1S/C24H23N5O2S/c1-17-10-12-19(13-11-17)29(16-20-9-6-14-32-20)22-21(23(30)28(2)24(31)26-22)15-25-27-18-7-4-3-5-8-18/h3-15,27H,16H2,1-2H3,(H,26,31)/b25-15+. The lowest BCUT2D eigenvalue weighted by Gasteiger charge is -2.25. The summed E-state index contributed by atoms with van der Waals surface area (Å²) in [4.78, 5) is 31.5. The second-order valence-electron chi connectivity index (χ2n) is 7.29. The lowest BCUT2D eigenvalue weighted by Crippen LogP contribution is -2.38. The third-order valence-corrected chi connectivity index (χ3v) is 5.85. The van der Waals surface area contributed by atoms with Gasteiger partial charge in [0.15, 0.2) is 0 Å². The van der Waals surface area contributed by atoms with Crippen LogP contribution in [0.5, 0.6) is 0 Å². The molecule has 0 aliphatic carbocycles. The van der Waals surface area contributed by atoms with E-state index in [1.807, 2.05) is 83.9 Å². The summed E-state index contributed by atoms with van der Waals surface area (Å²) < 4.78 is 1.05. The van der Waals surface area contributed by atoms with Crippen LogP contribution in [0.3, 0.4) is 0 Å². The second-order valence-corrected chi connectivity index (χ2v) is 8.33. The fraction of sp³-hybridized carbons (Fsp3) is 0.125. The zero-order valence-corrected chi connectivity index (χ0v) is 18.6. The van der Waals surface area contributed by atoms with Crippen molar-refractivity contribution in [3.05, 3.63) is 109 Å². The first kappa shape index (κ1) is 21.3. The molecule has 0 amide bonds. The van der Waals surface area contributed by atoms with Gasteiger partial charge in [-0.25, -0.2) is 4.79 Å². The van der Waals surface area contributed by atoms with Crippen molar-refractivity contribution in [1.29, 1.82) is 0 Å². The molecule has 0 saturated carbocycles. The first-order valence-electron chi connectivity index (χ1n) is 10.1. The van der Waals surface area contributed by atoms with Crippen molar-refractivity contribution in [3.8, 4) is 0 Å². The quantitative estimate of drug-likeness (QED) is 0.329. The van der Waals surface area contributed by atoms with Crippen molar-refractivity contribution in [2.24, 2.45) is 12.1 Å². The van der Waals surface area contributed by atoms with Gasteiger partial charge in [-0.15, -0.1) is 11.3 Å². The molecule has 4 rings (SSSR count). The van der Waals surface area contributed by atoms with E-state index in [1.54, 1.807) is 11.3 Å². The lowest BCUT2D eigenvalue weighted by molar-refractivity contribution is 0.764. The number of para-hydroxylation sites is 1. The molecular formula is C24H23N5O2S. The summed E-state index contributed by atoms with van der Waals surface area (Å²) in [6, 6.07) is 21.4. The number of hydrazone groups is 1. The molecule has 32 heavy (non-hydrogen) atoms. The third kappa shape index (κ3) is 4.70. The average molecular weight is 446 g/mol. The summed E-state index contributed by atoms with van der Waals surface area (Å²) >= 11 is 1.61. The van der Waals surface area contributed by atoms with Crippen LogP contribution in [0.2, 0.25) is 0 Å². The first-order valence-corrected chi connectivity index (χ1v) is 10.9. The summed E-state index contributed by atoms with van der Waals surface area (Å²) in [5.41, 5.74) is 5.07. The number of thiophene rings is 1. The lowest BCUT2D eigenvalue weighted by atomic mass is 10.2. The van der Waals surface area contributed by atoms with Crippen LogP contribution in [0.15, 0.2) is 86.8 Å². The highest BCUT2D eigenvalue weighted by atomic mass is 32.1. The highest BCUT2D eigenvalue weighted by Crippen LogP contribution is 2.28. The molecule has 2 aromatic heterocycles. The zero-order valence-electron chi connectivity index (χ0n) is 17.8. The largest absolute Gasteiger partial charge is 0.329 e. The van der Waals surface area contributed by atoms with Crippen molar-refractivity contribution >= 4 is 34.7 Å². The van der Waals surface area contributed by atoms with Crippen molar-refractivity contribution in [3.63, 3.8) is 0 Å². The first-order chi connectivity index (χ1) is 15.5. The molecule has 0 atom stereocenters. The maximum atomic E-state index is 13.0. The van der Waals surface area contributed by atoms with Crippen molar-refractivity contribution in [1.82, 2.24) is 9.55 Å². The van der Waals surface area contributed by atoms with Crippen LogP contribution in [0.4, 0.5) is 17.2 Å². The Morgan fingerprint density at radius 3 is 2.50 bits per heavy atom. The highest BCUT2D eigenvalue weighted by molar-refractivity contribution is 7.09. The molecule has 2 aromatic carbocycles. The van der Waals surface area contributed by atoms with Crippen molar-refractivity contribution < 1.29 is 0 Å². The van der Waals surface area contributed by atoms with Gasteiger partial charge in [-0.3, -0.25) is 19.8 Å². The number of hydrogen-bond donors (Lipinski definition) is 2. The smallest absolute Gasteiger partial charge is 0.322 e. The second kappa shape index (κ2) is 9.49. The molecule has 0 unspecified atom stereocenters. The van der Waals surface area contributed by atoms with Gasteiger partial charge in [0.05, 0.1) is 18.4 Å². The third-order valence-electron chi connectivity index (χ3n) is 4.99. The summed E-state index contributed by atoms with van der Waals surface area (Å²) in [5, 5.41) is 6.26. The molecule has 0 aliphatic rings. The van der Waals surface area contributed by atoms with Gasteiger partial charge in [-0.1, -0.05) is 42.0 Å². The van der Waals surface area contributed by atoms with Gasteiger partial charge in [-0.2, -0.15) is 5.10 Å². The molecule has 2 heterocycles. The van der Waals surface area contributed by atoms with Crippen LogP contribution < -0.4 is 21.6 Å². The summed E-state index contributed by atoms with van der Waals surface area (Å²) in [6.07, 6.45) is 1.45. The van der Waals surface area contributed by atoms with E-state index in [0.717, 1.165) is 26.4 Å². The molecule has 8 heteroatoms. The van der Waals surface area contributed by atoms with Crippen LogP contribution in [-0.2, 0) is 13.6 Å². The number of nitrogens with zero attached hydrogens (tertiary/aromatic N) is 3. The van der Waals surface area contributed by atoms with Crippen molar-refractivity contribution in [2.75, 3.05) is 10.3 Å². The summed E-state index contributed by atoms with van der Waals surface area (Å²) in [6.45, 7) is 2.51. The molecule has 0 radical (unpaired) electrons. The number of anilines is 3. The minimum Gasteiger partial charge on any atom is -0.322 e. The minimum absolute atomic E-state index is 0.285. The summed E-state index contributed by atoms with van der Waals surface area (Å²) in [5.74, 6) is 0.397. The van der Waals surface area contributed by atoms with E-state index >= 15 is 0 Å². The summed E-state index contributed by atoms with van der Waals surface area (Å²) in [7, 11) is 1.45. The molecule has 2 N–H and O–H groups in total. The van der Waals surface area contributed by atoms with E-state index in [-0.39, 0.29) is 5.56 Å². The van der Waals surface area contributed by atoms with Gasteiger partial charge >= 0.3 is 5.69 Å². The predicted octanol–water partition coefficient (Wildman–Crippen LogP) is 4.23. The number of nitrogens with one attached hydrogen (secondary N) is 2. The number of rotatable bonds is 7. The number of hydrogen-bond acceptors (Lipinski definition) is 6. The van der Waals surface area contributed by atoms with Crippen LogP contribution in [0.25, 0.3) is 0 Å². The Hall–Kier alpha value is -3.91. The Morgan fingerprint density at radius 2 is 1.81 bits per heavy atom. The number of aromatic nitrogens is 2. The van der Waals surface area contributed by atoms with Gasteiger partial charge in [0.2, 0.25) is 0 Å². The molecule has 0 fully saturated rings. The van der Waals surface area contributed by atoms with E-state index < -0.39 is 11.2 Å². The molecule has 0 bridgehead atoms. The van der Waals surface area contributed by atoms with E-state index in [4.69, 9.17) is 0 Å². The predicted molar refractivity (Wildman–Crippen MR) is 131 cm³/mol. The maximum Gasteiger partial charge on any atom is 0.329 e. The maximum absolute atomic E-state index is 13.0. The van der Waals surface area contributed by atoms with Gasteiger partial charge < -0.3 is 4.90 Å². The Kier molecular flexibility index (Phi) is 6.32. The Morgan fingerprint density at radius 1 is 1.06 bits per heavy atom. The number of aryl methyl sites for hydroxylation is 1. The van der Waals surface area contributed by atoms with Gasteiger partial charge in [0.1, 0.15) is 11.4 Å². The van der Waals surface area contributed by atoms with E-state index in [0.29, 0.717) is 12.4 Å². The Balaban J connectivity index is 1.81. The van der Waals surface area contributed by atoms with Crippen LogP contribution in [-0.4, -0.2) is 15.8 Å². The van der Waals surface area contributed by atoms with Crippen molar-refractivity contribution in [2.45, 2.75) is 13.5 Å². The topological polar surface area (TPSA) is 82.5 Å². The van der Waals surface area contributed by atoms with Crippen LogP contribution >= 0.6 is 11.3 Å². The number of H-pyrrole nitrogens is 1. The Bertz CT molecular complexity index is 1320. The van der Waals surface area contributed by atoms with Gasteiger partial charge in [0, 0.05) is 17.6 Å². The average Bonchev–Trinajstić information content (AvgIpc) is 3.32. The SMILES string of the molecule is Cc1ccc(N(Cc2cccs2)c2[nH]c(=O)n(C)c(=O)c2/C=N/Nc2ccccc2)cc1. The van der Waals surface area contributed by atoms with Crippen LogP contribution in [0.1, 0.15) is 16.0 Å². The molecular weight excluding hydrogens is 422 g/mol. The molecule has 0 aliphatic heterocycles. The highest BCUT2D eigenvalue weighted by Gasteiger charge is 2.19. The fourth-order valence-corrected chi connectivity index (χ4v) is 3.92. The zero-order chi connectivity index (χ0) is 22.5. The normalized spacial score (nSPS) is 11.1. The number of benzene rings is 2. The molecule has 7 nitrogen and oxygen atoms in total. The monoisotopic (exact) mass is 445 g/mol. The van der Waals surface area contributed by atoms with E-state index in [2.05, 4.69) is 15.5 Å². The van der Waals surface area contributed by atoms with Gasteiger partial charge in [0.25, 0.3) is 5.56 Å². The molecule has 162 valence electrons. The molecule has 4 aromatic rings. The molecule has 0 saturated heterocycles.